The van der Waals surface area contributed by atoms with E-state index >= 15 is 0 Å². The van der Waals surface area contributed by atoms with Crippen molar-refractivity contribution in [1.82, 2.24) is 0 Å². The van der Waals surface area contributed by atoms with E-state index in [-0.39, 0.29) is 0 Å². The van der Waals surface area contributed by atoms with Crippen molar-refractivity contribution in [2.45, 2.75) is 33.1 Å². The second-order valence-corrected chi connectivity index (χ2v) is 6.27. The van der Waals surface area contributed by atoms with Gasteiger partial charge >= 0.3 is 0 Å². The molecule has 3 aromatic carbocycles. The molecule has 128 valence electrons. The van der Waals surface area contributed by atoms with Crippen LogP contribution in [-0.2, 0) is 12.8 Å². The molecule has 0 N–H and O–H groups in total. The average Bonchev–Trinajstić information content (AvgIpc) is 2.65. The van der Waals surface area contributed by atoms with E-state index in [0.29, 0.717) is 16.5 Å². The third-order valence-corrected chi connectivity index (χ3v) is 4.59. The number of hydrogen-bond donors (Lipinski definition) is 0. The summed E-state index contributed by atoms with van der Waals surface area (Å²) in [6, 6.07) is 15.0. The molecule has 0 bridgehead atoms. The van der Waals surface area contributed by atoms with Crippen LogP contribution in [0.15, 0.2) is 60.7 Å². The second kappa shape index (κ2) is 7.60. The fraction of sp³-hybridized carbons (Fsp3) is 0.217. The van der Waals surface area contributed by atoms with Crippen molar-refractivity contribution in [1.29, 1.82) is 0 Å². The van der Waals surface area contributed by atoms with Crippen molar-refractivity contribution in [3.63, 3.8) is 0 Å². The number of benzene rings is 3. The Morgan fingerprint density at radius 3 is 2.28 bits per heavy atom. The van der Waals surface area contributed by atoms with Gasteiger partial charge in [-0.25, -0.2) is 8.78 Å². The summed E-state index contributed by atoms with van der Waals surface area (Å²) in [6.45, 7) is 4.04. The maximum Gasteiger partial charge on any atom is 0.167 e. The molecule has 3 aromatic rings. The minimum Gasteiger partial charge on any atom is -0.203 e. The summed E-state index contributed by atoms with van der Waals surface area (Å²) in [5.41, 5.74) is 3.21. The van der Waals surface area contributed by atoms with Crippen LogP contribution in [0.3, 0.4) is 0 Å². The number of rotatable bonds is 5. The lowest BCUT2D eigenvalue weighted by molar-refractivity contribution is 0.519. The van der Waals surface area contributed by atoms with Gasteiger partial charge in [0.2, 0.25) is 0 Å². The topological polar surface area (TPSA) is 0 Å². The molecule has 0 spiro atoms. The summed E-state index contributed by atoms with van der Waals surface area (Å²) >= 11 is 0. The zero-order valence-corrected chi connectivity index (χ0v) is 14.7. The van der Waals surface area contributed by atoms with Gasteiger partial charge in [0.1, 0.15) is 0 Å². The van der Waals surface area contributed by atoms with Crippen molar-refractivity contribution < 1.29 is 8.78 Å². The molecule has 0 saturated carbocycles. The summed E-state index contributed by atoms with van der Waals surface area (Å²) in [5.74, 6) is -1.54. The molecule has 3 rings (SSSR count). The van der Waals surface area contributed by atoms with Gasteiger partial charge in [-0.1, -0.05) is 55.5 Å². The average molecular weight is 336 g/mol. The van der Waals surface area contributed by atoms with Gasteiger partial charge in [0.15, 0.2) is 11.6 Å². The molecule has 0 aliphatic heterocycles. The third kappa shape index (κ3) is 3.63. The predicted molar refractivity (Wildman–Crippen MR) is 102 cm³/mol. The molecule has 0 atom stereocenters. The zero-order valence-electron chi connectivity index (χ0n) is 14.7. The van der Waals surface area contributed by atoms with Gasteiger partial charge in [-0.05, 0) is 60.4 Å². The number of aryl methyl sites for hydroxylation is 2. The van der Waals surface area contributed by atoms with E-state index in [1.165, 1.54) is 5.56 Å². The SMILES string of the molecule is C/C=C/CCc1ccc2cc(-c3ccc(CC)cc3)c(F)c(F)c2c1. The van der Waals surface area contributed by atoms with E-state index in [2.05, 4.69) is 13.0 Å². The largest absolute Gasteiger partial charge is 0.203 e. The first kappa shape index (κ1) is 17.3. The van der Waals surface area contributed by atoms with Gasteiger partial charge < -0.3 is 0 Å². The van der Waals surface area contributed by atoms with E-state index in [1.54, 1.807) is 12.1 Å². The molecule has 25 heavy (non-hydrogen) atoms. The minimum atomic E-state index is -0.776. The molecular formula is C23H22F2. The Bertz CT molecular complexity index is 906. The van der Waals surface area contributed by atoms with E-state index in [9.17, 15) is 8.78 Å². The molecule has 0 aliphatic carbocycles. The number of allylic oxidation sites excluding steroid dienone is 2. The van der Waals surface area contributed by atoms with Crippen molar-refractivity contribution in [2.75, 3.05) is 0 Å². The minimum absolute atomic E-state index is 0.314. The Hall–Kier alpha value is -2.48. The van der Waals surface area contributed by atoms with Crippen LogP contribution >= 0.6 is 0 Å². The Morgan fingerprint density at radius 2 is 1.60 bits per heavy atom. The van der Waals surface area contributed by atoms with Crippen LogP contribution < -0.4 is 0 Å². The van der Waals surface area contributed by atoms with Gasteiger partial charge in [-0.15, -0.1) is 0 Å². The monoisotopic (exact) mass is 336 g/mol. The van der Waals surface area contributed by atoms with Gasteiger partial charge in [0.25, 0.3) is 0 Å². The quantitative estimate of drug-likeness (QED) is 0.447. The van der Waals surface area contributed by atoms with Crippen LogP contribution in [0.4, 0.5) is 8.78 Å². The van der Waals surface area contributed by atoms with Crippen LogP contribution in [-0.4, -0.2) is 0 Å². The molecule has 0 nitrogen and oxygen atoms in total. The Balaban J connectivity index is 2.04. The summed E-state index contributed by atoms with van der Waals surface area (Å²) < 4.78 is 29.3. The van der Waals surface area contributed by atoms with Crippen molar-refractivity contribution in [3.8, 4) is 11.1 Å². The first-order valence-corrected chi connectivity index (χ1v) is 8.75. The molecule has 0 aromatic heterocycles. The summed E-state index contributed by atoms with van der Waals surface area (Å²) in [7, 11) is 0. The molecular weight excluding hydrogens is 314 g/mol. The lowest BCUT2D eigenvalue weighted by Gasteiger charge is -2.10. The normalized spacial score (nSPS) is 11.5. The van der Waals surface area contributed by atoms with E-state index in [0.717, 1.165) is 30.2 Å². The molecule has 0 amide bonds. The van der Waals surface area contributed by atoms with Gasteiger partial charge in [0.05, 0.1) is 0 Å². The number of hydrogen-bond acceptors (Lipinski definition) is 0. The third-order valence-electron chi connectivity index (χ3n) is 4.59. The zero-order chi connectivity index (χ0) is 17.8. The van der Waals surface area contributed by atoms with Crippen LogP contribution in [0.1, 0.15) is 31.4 Å². The highest BCUT2D eigenvalue weighted by atomic mass is 19.2. The second-order valence-electron chi connectivity index (χ2n) is 6.27. The summed E-state index contributed by atoms with van der Waals surface area (Å²) in [6.07, 6.45) is 6.71. The van der Waals surface area contributed by atoms with E-state index in [1.807, 2.05) is 49.4 Å². The lowest BCUT2D eigenvalue weighted by Crippen LogP contribution is -1.94. The standard InChI is InChI=1S/C23H22F2/c1-3-5-6-7-17-10-13-19-15-21(23(25)22(24)20(19)14-17)18-11-8-16(4-2)9-12-18/h3,5,8-15H,4,6-7H2,1-2H3/b5-3+. The van der Waals surface area contributed by atoms with Crippen molar-refractivity contribution >= 4 is 10.8 Å². The van der Waals surface area contributed by atoms with Gasteiger partial charge in [-0.3, -0.25) is 0 Å². The highest BCUT2D eigenvalue weighted by Crippen LogP contribution is 2.31. The maximum atomic E-state index is 14.7. The van der Waals surface area contributed by atoms with Gasteiger partial charge in [0, 0.05) is 10.9 Å². The molecule has 0 fully saturated rings. The van der Waals surface area contributed by atoms with Crippen LogP contribution in [0.25, 0.3) is 21.9 Å². The van der Waals surface area contributed by atoms with Crippen molar-refractivity contribution in [3.05, 3.63) is 83.4 Å². The van der Waals surface area contributed by atoms with E-state index < -0.39 is 11.6 Å². The predicted octanol–water partition coefficient (Wildman–Crippen LogP) is 6.86. The molecule has 0 heterocycles. The Kier molecular flexibility index (Phi) is 5.28. The molecule has 0 aliphatic rings. The number of fused-ring (bicyclic) bond motifs is 1. The van der Waals surface area contributed by atoms with Gasteiger partial charge in [-0.2, -0.15) is 0 Å². The number of halogens is 2. The fourth-order valence-corrected chi connectivity index (χ4v) is 3.08. The smallest absolute Gasteiger partial charge is 0.167 e. The first-order valence-electron chi connectivity index (χ1n) is 8.75. The highest BCUT2D eigenvalue weighted by molar-refractivity contribution is 5.89. The van der Waals surface area contributed by atoms with Crippen molar-refractivity contribution in [2.24, 2.45) is 0 Å². The van der Waals surface area contributed by atoms with Crippen LogP contribution in [0.5, 0.6) is 0 Å². The molecule has 0 unspecified atom stereocenters. The Labute approximate surface area is 147 Å². The first-order chi connectivity index (χ1) is 12.1. The summed E-state index contributed by atoms with van der Waals surface area (Å²) in [5, 5.41) is 1.08. The van der Waals surface area contributed by atoms with Crippen LogP contribution in [0, 0.1) is 11.6 Å². The molecule has 0 radical (unpaired) electrons. The maximum absolute atomic E-state index is 14.7. The highest BCUT2D eigenvalue weighted by Gasteiger charge is 2.15. The van der Waals surface area contributed by atoms with E-state index in [4.69, 9.17) is 0 Å². The van der Waals surface area contributed by atoms with Crippen LogP contribution in [0.2, 0.25) is 0 Å². The lowest BCUT2D eigenvalue weighted by atomic mass is 9.97. The Morgan fingerprint density at radius 1 is 0.880 bits per heavy atom. The summed E-state index contributed by atoms with van der Waals surface area (Å²) in [4.78, 5) is 0. The fourth-order valence-electron chi connectivity index (χ4n) is 3.08. The molecule has 0 saturated heterocycles. The molecule has 2 heteroatoms.